The molecule has 0 amide bonds. The highest BCUT2D eigenvalue weighted by molar-refractivity contribution is 6.19. The molecule has 10 rings (SSSR count). The first-order valence-electron chi connectivity index (χ1n) is 15.9. The number of anilines is 3. The van der Waals surface area contributed by atoms with Crippen LogP contribution in [0, 0.1) is 0 Å². The highest BCUT2D eigenvalue weighted by atomic mass is 16.3. The Balaban J connectivity index is 1.08. The average Bonchev–Trinajstić information content (AvgIpc) is 3.71. The molecule has 10 aromatic rings. The van der Waals surface area contributed by atoms with Crippen LogP contribution < -0.4 is 4.90 Å². The van der Waals surface area contributed by atoms with Gasteiger partial charge in [0.25, 0.3) is 0 Å². The van der Waals surface area contributed by atoms with Gasteiger partial charge < -0.3 is 13.7 Å². The van der Waals surface area contributed by atoms with Crippen LogP contribution in [0.5, 0.6) is 0 Å². The highest BCUT2D eigenvalue weighted by Gasteiger charge is 2.17. The summed E-state index contributed by atoms with van der Waals surface area (Å²) in [6.45, 7) is 0. The number of rotatable bonds is 4. The van der Waals surface area contributed by atoms with E-state index >= 15 is 0 Å². The zero-order valence-corrected chi connectivity index (χ0v) is 25.4. The summed E-state index contributed by atoms with van der Waals surface area (Å²) in [5.41, 5.74) is 9.19. The van der Waals surface area contributed by atoms with Gasteiger partial charge >= 0.3 is 0 Å². The number of para-hydroxylation sites is 2. The van der Waals surface area contributed by atoms with Crippen LogP contribution in [0.2, 0.25) is 0 Å². The predicted octanol–water partition coefficient (Wildman–Crippen LogP) is 12.9. The molecule has 0 aliphatic carbocycles. The van der Waals surface area contributed by atoms with Crippen LogP contribution >= 0.6 is 0 Å². The van der Waals surface area contributed by atoms with Gasteiger partial charge in [0, 0.05) is 44.0 Å². The third-order valence-electron chi connectivity index (χ3n) is 9.44. The molecule has 0 fully saturated rings. The van der Waals surface area contributed by atoms with E-state index in [1.807, 2.05) is 12.1 Å². The van der Waals surface area contributed by atoms with Crippen molar-refractivity contribution in [3.05, 3.63) is 164 Å². The summed E-state index contributed by atoms with van der Waals surface area (Å²) in [6, 6.07) is 57.9. The highest BCUT2D eigenvalue weighted by Crippen LogP contribution is 2.41. The van der Waals surface area contributed by atoms with Gasteiger partial charge in [-0.25, -0.2) is 0 Å². The molecule has 0 saturated heterocycles. The van der Waals surface area contributed by atoms with E-state index in [1.165, 1.54) is 16.2 Å². The zero-order chi connectivity index (χ0) is 30.9. The molecule has 0 saturated carbocycles. The number of hydrogen-bond donors (Lipinski definition) is 0. The fraction of sp³-hybridized carbons (Fsp3) is 0. The van der Waals surface area contributed by atoms with Crippen LogP contribution in [-0.2, 0) is 0 Å². The molecule has 0 spiro atoms. The minimum absolute atomic E-state index is 0.901. The van der Waals surface area contributed by atoms with Crippen LogP contribution in [-0.4, -0.2) is 0 Å². The lowest BCUT2D eigenvalue weighted by Crippen LogP contribution is -2.09. The molecule has 47 heavy (non-hydrogen) atoms. The Labute approximate surface area is 270 Å². The van der Waals surface area contributed by atoms with Gasteiger partial charge in [0.05, 0.1) is 0 Å². The van der Waals surface area contributed by atoms with Crippen molar-refractivity contribution in [1.82, 2.24) is 0 Å². The smallest absolute Gasteiger partial charge is 0.143 e. The number of benzene rings is 8. The molecule has 0 N–H and O–H groups in total. The summed E-state index contributed by atoms with van der Waals surface area (Å²) in [5.74, 6) is 0. The number of furan rings is 2. The van der Waals surface area contributed by atoms with Crippen molar-refractivity contribution >= 4 is 82.5 Å². The Hall–Kier alpha value is -6.32. The lowest BCUT2D eigenvalue weighted by atomic mass is 10.0. The van der Waals surface area contributed by atoms with Gasteiger partial charge in [0.15, 0.2) is 0 Å². The second-order valence-corrected chi connectivity index (χ2v) is 12.1. The molecule has 3 nitrogen and oxygen atoms in total. The molecule has 0 aliphatic rings. The van der Waals surface area contributed by atoms with Crippen molar-refractivity contribution in [2.75, 3.05) is 4.90 Å². The summed E-state index contributed by atoms with van der Waals surface area (Å²) < 4.78 is 12.7. The molecule has 2 heterocycles. The maximum absolute atomic E-state index is 6.48. The second kappa shape index (κ2) is 10.1. The minimum Gasteiger partial charge on any atom is -0.456 e. The quantitative estimate of drug-likeness (QED) is 0.201. The van der Waals surface area contributed by atoms with E-state index in [2.05, 4.69) is 157 Å². The maximum Gasteiger partial charge on any atom is 0.143 e. The molecule has 8 aromatic carbocycles. The Morgan fingerprint density at radius 2 is 1.00 bits per heavy atom. The van der Waals surface area contributed by atoms with Crippen LogP contribution in [0.3, 0.4) is 0 Å². The van der Waals surface area contributed by atoms with Crippen LogP contribution in [0.1, 0.15) is 0 Å². The van der Waals surface area contributed by atoms with E-state index in [0.717, 1.165) is 77.5 Å². The van der Waals surface area contributed by atoms with E-state index in [0.29, 0.717) is 0 Å². The molecular formula is C44H27NO2. The molecule has 0 unspecified atom stereocenters. The molecule has 0 atom stereocenters. The number of nitrogens with zero attached hydrogens (tertiary/aromatic N) is 1. The van der Waals surface area contributed by atoms with Gasteiger partial charge in [0.2, 0.25) is 0 Å². The second-order valence-electron chi connectivity index (χ2n) is 12.1. The largest absolute Gasteiger partial charge is 0.456 e. The summed E-state index contributed by atoms with van der Waals surface area (Å²) in [5, 5.41) is 9.26. The van der Waals surface area contributed by atoms with Crippen molar-refractivity contribution in [2.24, 2.45) is 0 Å². The topological polar surface area (TPSA) is 29.5 Å². The van der Waals surface area contributed by atoms with Gasteiger partial charge in [-0.3, -0.25) is 0 Å². The van der Waals surface area contributed by atoms with Gasteiger partial charge in [-0.05, 0) is 94.0 Å². The first-order valence-corrected chi connectivity index (χ1v) is 15.9. The monoisotopic (exact) mass is 601 g/mol. The van der Waals surface area contributed by atoms with Gasteiger partial charge in [0.1, 0.15) is 22.3 Å². The molecule has 2 aromatic heterocycles. The molecular weight excluding hydrogens is 574 g/mol. The number of hydrogen-bond acceptors (Lipinski definition) is 3. The molecule has 0 radical (unpaired) electrons. The average molecular weight is 602 g/mol. The van der Waals surface area contributed by atoms with Gasteiger partial charge in [-0.15, -0.1) is 0 Å². The first-order chi connectivity index (χ1) is 23.3. The molecule has 0 aliphatic heterocycles. The Morgan fingerprint density at radius 3 is 1.89 bits per heavy atom. The fourth-order valence-corrected chi connectivity index (χ4v) is 7.18. The molecule has 0 bridgehead atoms. The Morgan fingerprint density at radius 1 is 0.340 bits per heavy atom. The van der Waals surface area contributed by atoms with E-state index < -0.39 is 0 Å². The van der Waals surface area contributed by atoms with Crippen molar-refractivity contribution in [3.63, 3.8) is 0 Å². The van der Waals surface area contributed by atoms with Crippen molar-refractivity contribution in [3.8, 4) is 11.1 Å². The predicted molar refractivity (Wildman–Crippen MR) is 196 cm³/mol. The van der Waals surface area contributed by atoms with E-state index in [1.54, 1.807) is 0 Å². The lowest BCUT2D eigenvalue weighted by Gasteiger charge is -2.26. The van der Waals surface area contributed by atoms with Gasteiger partial charge in [-0.1, -0.05) is 97.1 Å². The SMILES string of the molecule is c1ccc(N(c2ccc(-c3ccc4c(c3)oc3c5ccccc5ccc43)cc2)c2ccc3ccc4oc5ccccc5c4c3c2)cc1. The van der Waals surface area contributed by atoms with E-state index in [-0.39, 0.29) is 0 Å². The van der Waals surface area contributed by atoms with Crippen molar-refractivity contribution in [2.45, 2.75) is 0 Å². The van der Waals surface area contributed by atoms with Crippen molar-refractivity contribution < 1.29 is 8.83 Å². The summed E-state index contributed by atoms with van der Waals surface area (Å²) >= 11 is 0. The number of fused-ring (bicyclic) bond motifs is 10. The normalized spacial score (nSPS) is 11.8. The lowest BCUT2D eigenvalue weighted by molar-refractivity contribution is 0.669. The van der Waals surface area contributed by atoms with Crippen LogP contribution in [0.4, 0.5) is 17.1 Å². The summed E-state index contributed by atoms with van der Waals surface area (Å²) in [4.78, 5) is 2.32. The Kier molecular flexibility index (Phi) is 5.57. The fourth-order valence-electron chi connectivity index (χ4n) is 7.18. The van der Waals surface area contributed by atoms with Gasteiger partial charge in [-0.2, -0.15) is 0 Å². The summed E-state index contributed by atoms with van der Waals surface area (Å²) in [6.07, 6.45) is 0. The third kappa shape index (κ3) is 4.07. The van der Waals surface area contributed by atoms with Crippen LogP contribution in [0.15, 0.2) is 173 Å². The maximum atomic E-state index is 6.48. The van der Waals surface area contributed by atoms with E-state index in [4.69, 9.17) is 8.83 Å². The zero-order valence-electron chi connectivity index (χ0n) is 25.4. The minimum atomic E-state index is 0.901. The standard InChI is InChI=1S/C44H27NO2/c1-2-9-32(10-3-1)45(34-22-16-30-19-25-41-43(39(30)27-34)38-12-6-7-13-40(38)46-41)33-20-14-28(15-21-33)31-18-23-36-37-24-17-29-8-4-5-11-35(29)44(37)47-42(36)26-31/h1-27H. The molecule has 3 heteroatoms. The third-order valence-corrected chi connectivity index (χ3v) is 9.44. The van der Waals surface area contributed by atoms with E-state index in [9.17, 15) is 0 Å². The van der Waals surface area contributed by atoms with Crippen molar-refractivity contribution in [1.29, 1.82) is 0 Å². The van der Waals surface area contributed by atoms with Crippen LogP contribution in [0.25, 0.3) is 76.5 Å². The summed E-state index contributed by atoms with van der Waals surface area (Å²) in [7, 11) is 0. The first kappa shape index (κ1) is 26.0. The Bertz CT molecular complexity index is 2790. The molecule has 220 valence electrons.